The van der Waals surface area contributed by atoms with Gasteiger partial charge in [0.25, 0.3) is 0 Å². The molecule has 1 nitrogen and oxygen atoms in total. The van der Waals surface area contributed by atoms with Crippen LogP contribution in [-0.4, -0.2) is 0 Å². The lowest BCUT2D eigenvalue weighted by Gasteiger charge is -2.21. The Labute approximate surface area is 143 Å². The van der Waals surface area contributed by atoms with E-state index in [1.54, 1.807) is 0 Å². The quantitative estimate of drug-likeness (QED) is 0.466. The maximum Gasteiger partial charge on any atom is 0.172 e. The molecule has 3 aromatic rings. The molecule has 0 spiro atoms. The Hall–Kier alpha value is -2.11. The van der Waals surface area contributed by atoms with Crippen molar-refractivity contribution in [2.24, 2.45) is 0 Å². The van der Waals surface area contributed by atoms with Crippen molar-refractivity contribution >= 4 is 23.1 Å². The first-order valence-electron chi connectivity index (χ1n) is 8.33. The van der Waals surface area contributed by atoms with Gasteiger partial charge in [0.15, 0.2) is 7.14 Å². The third-order valence-electron chi connectivity index (χ3n) is 4.87. The molecule has 1 aliphatic rings. The average Bonchev–Trinajstić information content (AvgIpc) is 2.86. The number of hydrogen-bond donors (Lipinski definition) is 0. The molecule has 0 saturated heterocycles. The first kappa shape index (κ1) is 15.4. The predicted octanol–water partition coefficient (Wildman–Crippen LogP) is 4.60. The van der Waals surface area contributed by atoms with Crippen molar-refractivity contribution in [2.45, 2.75) is 26.2 Å². The number of hydrogen-bond acceptors (Lipinski definition) is 1. The minimum Gasteiger partial charge on any atom is -0.309 e. The molecule has 4 rings (SSSR count). The average molecular weight is 332 g/mol. The van der Waals surface area contributed by atoms with Crippen molar-refractivity contribution in [3.05, 3.63) is 78.4 Å². The van der Waals surface area contributed by atoms with Gasteiger partial charge in [-0.15, -0.1) is 0 Å². The summed E-state index contributed by atoms with van der Waals surface area (Å²) in [7, 11) is -2.77. The summed E-state index contributed by atoms with van der Waals surface area (Å²) in [5.41, 5.74) is 3.57. The van der Waals surface area contributed by atoms with Gasteiger partial charge in [-0.1, -0.05) is 93.6 Å². The molecule has 0 bridgehead atoms. The zero-order valence-electron chi connectivity index (χ0n) is 14.3. The highest BCUT2D eigenvalue weighted by atomic mass is 31.2. The minimum atomic E-state index is -2.77. The Balaban J connectivity index is 1.96. The first-order valence-corrected chi connectivity index (χ1v) is 10.0. The van der Waals surface area contributed by atoms with Crippen molar-refractivity contribution in [2.75, 3.05) is 0 Å². The molecule has 0 amide bonds. The fourth-order valence-corrected chi connectivity index (χ4v) is 6.58. The lowest BCUT2D eigenvalue weighted by molar-refractivity contribution is 0.589. The summed E-state index contributed by atoms with van der Waals surface area (Å²) >= 11 is 0. The largest absolute Gasteiger partial charge is 0.309 e. The normalized spacial score (nSPS) is 15.0. The highest BCUT2D eigenvalue weighted by Crippen LogP contribution is 2.51. The van der Waals surface area contributed by atoms with Gasteiger partial charge in [-0.05, 0) is 22.1 Å². The molecule has 1 aliphatic heterocycles. The molecule has 0 fully saturated rings. The SMILES string of the molecule is CC(C)(C)c1ccc(P2(=O)c3ccccc3-c3ccccc32)cc1. The maximum absolute atomic E-state index is 14.2. The predicted molar refractivity (Wildman–Crippen MR) is 104 cm³/mol. The summed E-state index contributed by atoms with van der Waals surface area (Å²) in [5, 5.41) is 2.86. The van der Waals surface area contributed by atoms with E-state index in [1.165, 1.54) is 5.56 Å². The van der Waals surface area contributed by atoms with Crippen molar-refractivity contribution in [3.8, 4) is 11.1 Å². The summed E-state index contributed by atoms with van der Waals surface area (Å²) in [6, 6.07) is 24.6. The highest BCUT2D eigenvalue weighted by molar-refractivity contribution is 7.86. The van der Waals surface area contributed by atoms with Gasteiger partial charge in [-0.2, -0.15) is 0 Å². The second-order valence-corrected chi connectivity index (χ2v) is 10.1. The fraction of sp³-hybridized carbons (Fsp3) is 0.182. The molecule has 0 N–H and O–H groups in total. The van der Waals surface area contributed by atoms with Crippen molar-refractivity contribution < 1.29 is 4.57 Å². The van der Waals surface area contributed by atoms with E-state index >= 15 is 0 Å². The molecule has 0 aliphatic carbocycles. The van der Waals surface area contributed by atoms with Crippen LogP contribution in [0, 0.1) is 0 Å². The fourth-order valence-electron chi connectivity index (χ4n) is 3.53. The Bertz CT molecular complexity index is 912. The molecular weight excluding hydrogens is 311 g/mol. The van der Waals surface area contributed by atoms with E-state index in [0.717, 1.165) is 27.0 Å². The van der Waals surface area contributed by atoms with Crippen molar-refractivity contribution in [1.82, 2.24) is 0 Å². The summed E-state index contributed by atoms with van der Waals surface area (Å²) in [5.74, 6) is 0. The molecule has 1 heterocycles. The minimum absolute atomic E-state index is 0.0957. The molecule has 2 heteroatoms. The number of rotatable bonds is 1. The monoisotopic (exact) mass is 332 g/mol. The van der Waals surface area contributed by atoms with Crippen LogP contribution in [0.5, 0.6) is 0 Å². The molecule has 0 saturated carbocycles. The standard InChI is InChI=1S/C22H21OP/c1-22(2,3)16-12-14-17(15-13-16)24(23)20-10-6-4-8-18(20)19-9-5-7-11-21(19)24/h4-15H,1-3H3. The molecule has 3 aromatic carbocycles. The van der Waals surface area contributed by atoms with Crippen LogP contribution in [0.25, 0.3) is 11.1 Å². The molecule has 120 valence electrons. The molecule has 0 atom stereocenters. The number of fused-ring (bicyclic) bond motifs is 3. The molecule has 0 aromatic heterocycles. The third-order valence-corrected chi connectivity index (χ3v) is 8.04. The van der Waals surface area contributed by atoms with Gasteiger partial charge >= 0.3 is 0 Å². The van der Waals surface area contributed by atoms with Gasteiger partial charge in [-0.3, -0.25) is 0 Å². The van der Waals surface area contributed by atoms with Crippen LogP contribution in [-0.2, 0) is 9.98 Å². The van der Waals surface area contributed by atoms with Gasteiger partial charge in [-0.25, -0.2) is 0 Å². The van der Waals surface area contributed by atoms with E-state index in [1.807, 2.05) is 36.4 Å². The molecule has 0 radical (unpaired) electrons. The van der Waals surface area contributed by atoms with Gasteiger partial charge in [0.1, 0.15) is 0 Å². The Morgan fingerprint density at radius 1 is 0.667 bits per heavy atom. The van der Waals surface area contributed by atoms with E-state index in [2.05, 4.69) is 57.2 Å². The molecule has 0 unspecified atom stereocenters. The summed E-state index contributed by atoms with van der Waals surface area (Å²) in [6.07, 6.45) is 0. The van der Waals surface area contributed by atoms with Gasteiger partial charge in [0.2, 0.25) is 0 Å². The highest BCUT2D eigenvalue weighted by Gasteiger charge is 2.39. The Morgan fingerprint density at radius 3 is 1.58 bits per heavy atom. The van der Waals surface area contributed by atoms with E-state index in [9.17, 15) is 4.57 Å². The lowest BCUT2D eigenvalue weighted by atomic mass is 9.87. The third kappa shape index (κ3) is 2.12. The maximum atomic E-state index is 14.2. The summed E-state index contributed by atoms with van der Waals surface area (Å²) < 4.78 is 14.2. The lowest BCUT2D eigenvalue weighted by Crippen LogP contribution is -2.21. The number of benzene rings is 3. The van der Waals surface area contributed by atoms with E-state index < -0.39 is 7.14 Å². The second-order valence-electron chi connectivity index (χ2n) is 7.44. The van der Waals surface area contributed by atoms with Gasteiger partial charge < -0.3 is 4.57 Å². The van der Waals surface area contributed by atoms with E-state index in [-0.39, 0.29) is 5.41 Å². The van der Waals surface area contributed by atoms with Crippen LogP contribution in [0.3, 0.4) is 0 Å². The van der Waals surface area contributed by atoms with Crippen LogP contribution in [0.4, 0.5) is 0 Å². The van der Waals surface area contributed by atoms with E-state index in [4.69, 9.17) is 0 Å². The van der Waals surface area contributed by atoms with Crippen molar-refractivity contribution in [1.29, 1.82) is 0 Å². The topological polar surface area (TPSA) is 17.1 Å². The summed E-state index contributed by atoms with van der Waals surface area (Å²) in [6.45, 7) is 6.60. The van der Waals surface area contributed by atoms with Gasteiger partial charge in [0, 0.05) is 15.9 Å². The van der Waals surface area contributed by atoms with Crippen molar-refractivity contribution in [3.63, 3.8) is 0 Å². The van der Waals surface area contributed by atoms with Gasteiger partial charge in [0.05, 0.1) is 0 Å². The molecular formula is C22H21OP. The Morgan fingerprint density at radius 2 is 1.12 bits per heavy atom. The van der Waals surface area contributed by atoms with Crippen LogP contribution < -0.4 is 15.9 Å². The van der Waals surface area contributed by atoms with Crippen LogP contribution in [0.15, 0.2) is 72.8 Å². The second kappa shape index (κ2) is 5.19. The zero-order valence-corrected chi connectivity index (χ0v) is 15.2. The van der Waals surface area contributed by atoms with Crippen LogP contribution in [0.2, 0.25) is 0 Å². The smallest absolute Gasteiger partial charge is 0.172 e. The summed E-state index contributed by atoms with van der Waals surface area (Å²) in [4.78, 5) is 0. The van der Waals surface area contributed by atoms with Crippen LogP contribution >= 0.6 is 7.14 Å². The van der Waals surface area contributed by atoms with Crippen LogP contribution in [0.1, 0.15) is 26.3 Å². The van der Waals surface area contributed by atoms with E-state index in [0.29, 0.717) is 0 Å². The first-order chi connectivity index (χ1) is 11.4. The zero-order chi connectivity index (χ0) is 16.9. The molecule has 24 heavy (non-hydrogen) atoms. The Kier molecular flexibility index (Phi) is 3.34.